The largest absolute Gasteiger partial charge is 0.389 e. The number of nitrogens with zero attached hydrogens (tertiary/aromatic N) is 2. The molecule has 0 saturated carbocycles. The summed E-state index contributed by atoms with van der Waals surface area (Å²) in [5.74, 6) is 0. The van der Waals surface area contributed by atoms with Crippen LogP contribution in [0.3, 0.4) is 0 Å². The molecule has 2 rings (SSSR count). The van der Waals surface area contributed by atoms with E-state index in [1.54, 1.807) is 10.9 Å². The quantitative estimate of drug-likeness (QED) is 0.943. The van der Waals surface area contributed by atoms with Gasteiger partial charge in [-0.05, 0) is 30.2 Å². The first kappa shape index (κ1) is 13.3. The van der Waals surface area contributed by atoms with Crippen LogP contribution in [-0.4, -0.2) is 20.5 Å². The molecular formula is C14H17BrN2O. The normalized spacial score (nSPS) is 14.4. The predicted molar refractivity (Wildman–Crippen MR) is 75.4 cm³/mol. The zero-order valence-corrected chi connectivity index (χ0v) is 12.2. The van der Waals surface area contributed by atoms with Gasteiger partial charge in [-0.25, -0.2) is 0 Å². The monoisotopic (exact) mass is 308 g/mol. The molecule has 0 spiro atoms. The molecule has 2 aromatic rings. The van der Waals surface area contributed by atoms with Gasteiger partial charge >= 0.3 is 0 Å². The number of aryl methyl sites for hydroxylation is 1. The summed E-state index contributed by atoms with van der Waals surface area (Å²) in [5.41, 5.74) is 1.43. The first-order valence-electron chi connectivity index (χ1n) is 5.89. The maximum Gasteiger partial charge on any atom is 0.0701 e. The molecular weight excluding hydrogens is 292 g/mol. The molecule has 0 saturated heterocycles. The summed E-state index contributed by atoms with van der Waals surface area (Å²) in [7, 11) is 1.88. The zero-order chi connectivity index (χ0) is 13.2. The fraction of sp³-hybridized carbons (Fsp3) is 0.357. The van der Waals surface area contributed by atoms with Crippen LogP contribution in [0.1, 0.15) is 18.1 Å². The van der Waals surface area contributed by atoms with Gasteiger partial charge in [0.25, 0.3) is 0 Å². The van der Waals surface area contributed by atoms with Crippen molar-refractivity contribution in [2.45, 2.75) is 25.4 Å². The van der Waals surface area contributed by atoms with E-state index in [1.807, 2.05) is 44.4 Å². The Morgan fingerprint density at radius 2 is 1.83 bits per heavy atom. The summed E-state index contributed by atoms with van der Waals surface area (Å²) in [6, 6.07) is 8.05. The number of aliphatic hydroxyl groups is 1. The lowest BCUT2D eigenvalue weighted by atomic mass is 9.91. The van der Waals surface area contributed by atoms with Crippen molar-refractivity contribution < 1.29 is 5.11 Å². The van der Waals surface area contributed by atoms with Crippen LogP contribution in [0.25, 0.3) is 0 Å². The van der Waals surface area contributed by atoms with Crippen molar-refractivity contribution in [1.29, 1.82) is 0 Å². The van der Waals surface area contributed by atoms with Crippen LogP contribution in [0.15, 0.2) is 41.1 Å². The number of rotatable bonds is 4. The SMILES string of the molecule is Cn1cc(CC(C)(O)Cc2ccc(Br)cc2)cn1. The highest BCUT2D eigenvalue weighted by molar-refractivity contribution is 9.10. The molecule has 1 aromatic heterocycles. The molecule has 1 aromatic carbocycles. The number of benzene rings is 1. The van der Waals surface area contributed by atoms with E-state index in [-0.39, 0.29) is 0 Å². The van der Waals surface area contributed by atoms with Crippen LogP contribution in [0, 0.1) is 0 Å². The van der Waals surface area contributed by atoms with Crippen LogP contribution in [0.4, 0.5) is 0 Å². The second-order valence-corrected chi connectivity index (χ2v) is 5.91. The summed E-state index contributed by atoms with van der Waals surface area (Å²) >= 11 is 3.41. The third-order valence-corrected chi connectivity index (χ3v) is 3.37. The maximum absolute atomic E-state index is 10.5. The standard InChI is InChI=1S/C14H17BrN2O/c1-14(18,8-12-9-16-17(2)10-12)7-11-3-5-13(15)6-4-11/h3-6,9-10,18H,7-8H2,1-2H3. The predicted octanol–water partition coefficient (Wildman–Crippen LogP) is 2.72. The molecule has 96 valence electrons. The van der Waals surface area contributed by atoms with Gasteiger partial charge in [-0.1, -0.05) is 28.1 Å². The lowest BCUT2D eigenvalue weighted by molar-refractivity contribution is 0.0608. The maximum atomic E-state index is 10.5. The Balaban J connectivity index is 2.04. The van der Waals surface area contributed by atoms with Gasteiger partial charge in [-0.2, -0.15) is 5.10 Å². The van der Waals surface area contributed by atoms with Gasteiger partial charge in [0.2, 0.25) is 0 Å². The van der Waals surface area contributed by atoms with Crippen molar-refractivity contribution in [2.75, 3.05) is 0 Å². The number of aromatic nitrogens is 2. The van der Waals surface area contributed by atoms with Gasteiger partial charge in [0.05, 0.1) is 11.8 Å². The van der Waals surface area contributed by atoms with Gasteiger partial charge in [0, 0.05) is 30.6 Å². The van der Waals surface area contributed by atoms with Crippen molar-refractivity contribution in [2.24, 2.45) is 7.05 Å². The van der Waals surface area contributed by atoms with Gasteiger partial charge in [-0.15, -0.1) is 0 Å². The summed E-state index contributed by atoms with van der Waals surface area (Å²) in [6.07, 6.45) is 4.98. The Morgan fingerprint density at radius 3 is 2.39 bits per heavy atom. The average Bonchev–Trinajstić information content (AvgIpc) is 2.66. The second-order valence-electron chi connectivity index (χ2n) is 5.00. The summed E-state index contributed by atoms with van der Waals surface area (Å²) < 4.78 is 2.81. The van der Waals surface area contributed by atoms with Crippen molar-refractivity contribution in [3.63, 3.8) is 0 Å². The molecule has 0 radical (unpaired) electrons. The third-order valence-electron chi connectivity index (χ3n) is 2.84. The molecule has 0 aliphatic carbocycles. The molecule has 1 unspecified atom stereocenters. The molecule has 1 N–H and O–H groups in total. The minimum Gasteiger partial charge on any atom is -0.389 e. The fourth-order valence-corrected chi connectivity index (χ4v) is 2.37. The van der Waals surface area contributed by atoms with Crippen LogP contribution < -0.4 is 0 Å². The Bertz CT molecular complexity index is 517. The Labute approximate surface area is 116 Å². The van der Waals surface area contributed by atoms with Gasteiger partial charge < -0.3 is 5.11 Å². The lowest BCUT2D eigenvalue weighted by Crippen LogP contribution is -2.29. The summed E-state index contributed by atoms with van der Waals surface area (Å²) in [6.45, 7) is 1.86. The molecule has 0 amide bonds. The van der Waals surface area contributed by atoms with Crippen LogP contribution in [-0.2, 0) is 19.9 Å². The van der Waals surface area contributed by atoms with E-state index in [0.717, 1.165) is 15.6 Å². The smallest absolute Gasteiger partial charge is 0.0701 e. The molecule has 0 aliphatic rings. The Morgan fingerprint density at radius 1 is 1.22 bits per heavy atom. The van der Waals surface area contributed by atoms with Crippen molar-refractivity contribution in [1.82, 2.24) is 9.78 Å². The highest BCUT2D eigenvalue weighted by atomic mass is 79.9. The summed E-state index contributed by atoms with van der Waals surface area (Å²) in [5, 5.41) is 14.6. The van der Waals surface area contributed by atoms with Crippen LogP contribution in [0.5, 0.6) is 0 Å². The van der Waals surface area contributed by atoms with E-state index in [0.29, 0.717) is 12.8 Å². The molecule has 0 fully saturated rings. The third kappa shape index (κ3) is 3.68. The fourth-order valence-electron chi connectivity index (χ4n) is 2.11. The number of hydrogen-bond donors (Lipinski definition) is 1. The first-order chi connectivity index (χ1) is 8.44. The number of hydrogen-bond acceptors (Lipinski definition) is 2. The van der Waals surface area contributed by atoms with Gasteiger partial charge in [0.1, 0.15) is 0 Å². The van der Waals surface area contributed by atoms with E-state index in [2.05, 4.69) is 21.0 Å². The molecule has 1 heterocycles. The highest BCUT2D eigenvalue weighted by Gasteiger charge is 2.22. The van der Waals surface area contributed by atoms with E-state index in [9.17, 15) is 5.11 Å². The van der Waals surface area contributed by atoms with Gasteiger partial charge in [0.15, 0.2) is 0 Å². The average molecular weight is 309 g/mol. The zero-order valence-electron chi connectivity index (χ0n) is 10.6. The van der Waals surface area contributed by atoms with Gasteiger partial charge in [-0.3, -0.25) is 4.68 Å². The van der Waals surface area contributed by atoms with Crippen LogP contribution in [0.2, 0.25) is 0 Å². The van der Waals surface area contributed by atoms with Crippen molar-refractivity contribution in [3.05, 3.63) is 52.3 Å². The summed E-state index contributed by atoms with van der Waals surface area (Å²) in [4.78, 5) is 0. The molecule has 18 heavy (non-hydrogen) atoms. The van der Waals surface area contributed by atoms with E-state index in [1.165, 1.54) is 0 Å². The molecule has 1 atom stereocenters. The Kier molecular flexibility index (Phi) is 3.88. The second kappa shape index (κ2) is 5.24. The van der Waals surface area contributed by atoms with Crippen molar-refractivity contribution >= 4 is 15.9 Å². The van der Waals surface area contributed by atoms with Crippen LogP contribution >= 0.6 is 15.9 Å². The van der Waals surface area contributed by atoms with Crippen molar-refractivity contribution in [3.8, 4) is 0 Å². The number of halogens is 1. The molecule has 4 heteroatoms. The molecule has 0 aliphatic heterocycles. The molecule has 3 nitrogen and oxygen atoms in total. The Hall–Kier alpha value is -1.13. The lowest BCUT2D eigenvalue weighted by Gasteiger charge is -2.22. The minimum absolute atomic E-state index is 0.608. The molecule has 0 bridgehead atoms. The minimum atomic E-state index is -0.753. The van der Waals surface area contributed by atoms with E-state index < -0.39 is 5.60 Å². The van der Waals surface area contributed by atoms with E-state index >= 15 is 0 Å². The highest BCUT2D eigenvalue weighted by Crippen LogP contribution is 2.20. The van der Waals surface area contributed by atoms with E-state index in [4.69, 9.17) is 0 Å². The topological polar surface area (TPSA) is 38.0 Å². The first-order valence-corrected chi connectivity index (χ1v) is 6.68.